The summed E-state index contributed by atoms with van der Waals surface area (Å²) in [5, 5.41) is 1.63. The van der Waals surface area contributed by atoms with Crippen molar-refractivity contribution in [1.82, 2.24) is 4.90 Å². The summed E-state index contributed by atoms with van der Waals surface area (Å²) in [5.41, 5.74) is 0. The first-order chi connectivity index (χ1) is 8.05. The maximum Gasteiger partial charge on any atom is 0.463 e. The van der Waals surface area contributed by atoms with Gasteiger partial charge in [-0.25, -0.2) is 0 Å². The van der Waals surface area contributed by atoms with Crippen molar-refractivity contribution in [2.45, 2.75) is 18.6 Å². The van der Waals surface area contributed by atoms with Gasteiger partial charge in [0.2, 0.25) is 0 Å². The van der Waals surface area contributed by atoms with Crippen LogP contribution in [0.2, 0.25) is 0 Å². The molecule has 0 spiro atoms. The summed E-state index contributed by atoms with van der Waals surface area (Å²) >= 11 is 4.26. The van der Waals surface area contributed by atoms with Gasteiger partial charge in [-0.1, -0.05) is 0 Å². The Bertz CT molecular complexity index is 444. The summed E-state index contributed by atoms with van der Waals surface area (Å²) in [6, 6.07) is 1.54. The molecule has 1 aromatic rings. The van der Waals surface area contributed by atoms with Gasteiger partial charge in [0.1, 0.15) is 0 Å². The van der Waals surface area contributed by atoms with Gasteiger partial charge in [0, 0.05) is 21.8 Å². The molecule has 0 radical (unpaired) electrons. The van der Waals surface area contributed by atoms with Gasteiger partial charge >= 0.3 is 18.0 Å². The largest absolute Gasteiger partial charge is 0.463 e. The van der Waals surface area contributed by atoms with Crippen LogP contribution in [0.4, 0.5) is 22.0 Å². The second-order valence-electron chi connectivity index (χ2n) is 3.46. The van der Waals surface area contributed by atoms with Crippen molar-refractivity contribution in [3.05, 3.63) is 20.8 Å². The van der Waals surface area contributed by atoms with Gasteiger partial charge in [-0.2, -0.15) is 22.0 Å². The molecular formula is C9H7BrF5NOS. The van der Waals surface area contributed by atoms with E-state index >= 15 is 0 Å². The number of thiophene rings is 1. The number of alkyl halides is 5. The average molecular weight is 352 g/mol. The highest BCUT2D eigenvalue weighted by Gasteiger charge is 2.64. The predicted octanol–water partition coefficient (Wildman–Crippen LogP) is 3.67. The Morgan fingerprint density at radius 3 is 2.33 bits per heavy atom. The van der Waals surface area contributed by atoms with Crippen LogP contribution in [0.25, 0.3) is 0 Å². The van der Waals surface area contributed by atoms with Gasteiger partial charge in [-0.15, -0.1) is 11.3 Å². The quantitative estimate of drug-likeness (QED) is 0.761. The van der Waals surface area contributed by atoms with E-state index in [-0.39, 0.29) is 6.54 Å². The van der Waals surface area contributed by atoms with Crippen molar-refractivity contribution in [1.29, 1.82) is 0 Å². The van der Waals surface area contributed by atoms with E-state index in [2.05, 4.69) is 15.9 Å². The molecule has 1 aromatic heterocycles. The van der Waals surface area contributed by atoms with Crippen LogP contribution >= 0.6 is 27.3 Å². The third kappa shape index (κ3) is 3.19. The molecule has 102 valence electrons. The molecule has 0 atom stereocenters. The minimum Gasteiger partial charge on any atom is -0.335 e. The van der Waals surface area contributed by atoms with E-state index in [4.69, 9.17) is 0 Å². The van der Waals surface area contributed by atoms with Gasteiger partial charge in [-0.05, 0) is 22.0 Å². The molecule has 0 aromatic carbocycles. The molecule has 1 amide bonds. The molecule has 0 aliphatic rings. The Labute approximate surface area is 112 Å². The van der Waals surface area contributed by atoms with Gasteiger partial charge in [0.15, 0.2) is 0 Å². The fourth-order valence-electron chi connectivity index (χ4n) is 1.10. The number of carbonyl (C=O) groups excluding carboxylic acids is 1. The monoisotopic (exact) mass is 351 g/mol. The van der Waals surface area contributed by atoms with Crippen molar-refractivity contribution >= 4 is 33.2 Å². The summed E-state index contributed by atoms with van der Waals surface area (Å²) in [7, 11) is 0.898. The SMILES string of the molecule is CN(Cc1cc(Br)cs1)C(=O)C(F)(F)C(F)(F)F. The van der Waals surface area contributed by atoms with E-state index in [1.807, 2.05) is 0 Å². The van der Waals surface area contributed by atoms with Crippen LogP contribution in [0.15, 0.2) is 15.9 Å². The normalized spacial score (nSPS) is 12.6. The molecule has 0 fully saturated rings. The van der Waals surface area contributed by atoms with Crippen molar-refractivity contribution in [3.8, 4) is 0 Å². The number of nitrogens with zero attached hydrogens (tertiary/aromatic N) is 1. The number of carbonyl (C=O) groups is 1. The maximum absolute atomic E-state index is 12.8. The smallest absolute Gasteiger partial charge is 0.335 e. The van der Waals surface area contributed by atoms with Gasteiger partial charge in [0.05, 0.1) is 6.54 Å². The van der Waals surface area contributed by atoms with Crippen molar-refractivity contribution in [3.63, 3.8) is 0 Å². The predicted molar refractivity (Wildman–Crippen MR) is 59.5 cm³/mol. The Morgan fingerprint density at radius 1 is 1.39 bits per heavy atom. The van der Waals surface area contributed by atoms with Crippen LogP contribution in [-0.2, 0) is 11.3 Å². The van der Waals surface area contributed by atoms with Crippen LogP contribution in [0.5, 0.6) is 0 Å². The van der Waals surface area contributed by atoms with Crippen molar-refractivity contribution in [2.75, 3.05) is 7.05 Å². The van der Waals surface area contributed by atoms with E-state index in [1.54, 1.807) is 11.4 Å². The van der Waals surface area contributed by atoms with E-state index in [0.29, 0.717) is 14.2 Å². The number of hydrogen-bond acceptors (Lipinski definition) is 2. The zero-order valence-corrected chi connectivity index (χ0v) is 11.3. The number of amides is 1. The molecular weight excluding hydrogens is 345 g/mol. The molecule has 18 heavy (non-hydrogen) atoms. The first kappa shape index (κ1) is 15.4. The Hall–Kier alpha value is -0.700. The van der Waals surface area contributed by atoms with Crippen LogP contribution in [-0.4, -0.2) is 30.0 Å². The van der Waals surface area contributed by atoms with Gasteiger partial charge in [-0.3, -0.25) is 4.79 Å². The van der Waals surface area contributed by atoms with Crippen LogP contribution in [0.3, 0.4) is 0 Å². The second-order valence-corrected chi connectivity index (χ2v) is 5.38. The van der Waals surface area contributed by atoms with Crippen LogP contribution in [0, 0.1) is 0 Å². The molecule has 0 aliphatic carbocycles. The number of hydrogen-bond donors (Lipinski definition) is 0. The first-order valence-electron chi connectivity index (χ1n) is 4.48. The van der Waals surface area contributed by atoms with E-state index in [0.717, 1.165) is 18.4 Å². The highest BCUT2D eigenvalue weighted by molar-refractivity contribution is 9.10. The third-order valence-electron chi connectivity index (χ3n) is 1.99. The standard InChI is InChI=1S/C9H7BrF5NOS/c1-16(3-6-2-5(10)4-18-6)7(17)8(11,12)9(13,14)15/h2,4H,3H2,1H3. The average Bonchev–Trinajstić information content (AvgIpc) is 2.61. The molecule has 0 saturated heterocycles. The lowest BCUT2D eigenvalue weighted by molar-refractivity contribution is -0.274. The van der Waals surface area contributed by atoms with Gasteiger partial charge in [0.25, 0.3) is 0 Å². The number of rotatable bonds is 3. The Kier molecular flexibility index (Phi) is 4.37. The summed E-state index contributed by atoms with van der Waals surface area (Å²) in [4.78, 5) is 11.9. The van der Waals surface area contributed by atoms with Crippen molar-refractivity contribution < 1.29 is 26.7 Å². The van der Waals surface area contributed by atoms with E-state index in [9.17, 15) is 26.7 Å². The molecule has 2 nitrogen and oxygen atoms in total. The molecule has 0 N–H and O–H groups in total. The lowest BCUT2D eigenvalue weighted by atomic mass is 10.2. The first-order valence-corrected chi connectivity index (χ1v) is 6.16. The highest BCUT2D eigenvalue weighted by Crippen LogP contribution is 2.37. The molecule has 0 unspecified atom stereocenters. The summed E-state index contributed by atoms with van der Waals surface area (Å²) < 4.78 is 62.1. The zero-order chi connectivity index (χ0) is 14.1. The Morgan fingerprint density at radius 2 is 1.94 bits per heavy atom. The highest BCUT2D eigenvalue weighted by atomic mass is 79.9. The molecule has 0 saturated carbocycles. The zero-order valence-electron chi connectivity index (χ0n) is 8.89. The topological polar surface area (TPSA) is 20.3 Å². The Balaban J connectivity index is 2.79. The minimum atomic E-state index is -5.88. The fourth-order valence-corrected chi connectivity index (χ4v) is 2.61. The fraction of sp³-hybridized carbons (Fsp3) is 0.444. The molecule has 9 heteroatoms. The second kappa shape index (κ2) is 5.12. The lowest BCUT2D eigenvalue weighted by Crippen LogP contribution is -2.50. The molecule has 0 aliphatic heterocycles. The lowest BCUT2D eigenvalue weighted by Gasteiger charge is -2.24. The summed E-state index contributed by atoms with van der Waals surface area (Å²) in [6.45, 7) is -0.305. The molecule has 1 heterocycles. The van der Waals surface area contributed by atoms with Crippen LogP contribution < -0.4 is 0 Å². The van der Waals surface area contributed by atoms with Crippen LogP contribution in [0.1, 0.15) is 4.88 Å². The molecule has 0 bridgehead atoms. The third-order valence-corrected chi connectivity index (χ3v) is 3.67. The maximum atomic E-state index is 12.8. The van der Waals surface area contributed by atoms with Crippen molar-refractivity contribution in [2.24, 2.45) is 0 Å². The van der Waals surface area contributed by atoms with Gasteiger partial charge < -0.3 is 4.90 Å². The molecule has 1 rings (SSSR count). The minimum absolute atomic E-state index is 0.305. The van der Waals surface area contributed by atoms with E-state index in [1.165, 1.54) is 0 Å². The summed E-state index contributed by atoms with van der Waals surface area (Å²) in [6.07, 6.45) is -5.88. The van der Waals surface area contributed by atoms with E-state index < -0.39 is 18.0 Å². The number of halogens is 6. The summed E-state index contributed by atoms with van der Waals surface area (Å²) in [5.74, 6) is -7.63.